The summed E-state index contributed by atoms with van der Waals surface area (Å²) in [6.45, 7) is 0.0857. The normalized spacial score (nSPS) is 25.4. The van der Waals surface area contributed by atoms with Crippen molar-refractivity contribution in [1.29, 1.82) is 0 Å². The van der Waals surface area contributed by atoms with Gasteiger partial charge in [0, 0.05) is 23.7 Å². The van der Waals surface area contributed by atoms with Crippen molar-refractivity contribution in [3.63, 3.8) is 0 Å². The molecular weight excluding hydrogens is 915 g/mol. The molecule has 3 aromatic carbocycles. The van der Waals surface area contributed by atoms with Crippen molar-refractivity contribution < 1.29 is 47.3 Å². The Labute approximate surface area is 352 Å². The van der Waals surface area contributed by atoms with E-state index in [1.54, 1.807) is 48.5 Å². The first-order valence-electron chi connectivity index (χ1n) is 18.1. The predicted octanol–water partition coefficient (Wildman–Crippen LogP) is 7.66. The van der Waals surface area contributed by atoms with E-state index < -0.39 is 69.5 Å². The van der Waals surface area contributed by atoms with Crippen LogP contribution in [0.15, 0.2) is 84.6 Å². The number of likely N-dealkylation sites (tertiary alicyclic amines) is 1. The number of imide groups is 2. The lowest BCUT2D eigenvalue weighted by molar-refractivity contribution is -0.141. The highest BCUT2D eigenvalue weighted by Crippen LogP contribution is 2.64. The lowest BCUT2D eigenvalue weighted by Crippen LogP contribution is -2.53. The molecule has 300 valence electrons. The molecule has 6 atom stereocenters. The number of ether oxygens (including phenoxy) is 1. The first kappa shape index (κ1) is 39.9. The molecule has 11 nitrogen and oxygen atoms in total. The number of rotatable bonds is 8. The Bertz CT molecular complexity index is 2420. The minimum Gasteiger partial charge on any atom is -0.508 e. The van der Waals surface area contributed by atoms with Crippen molar-refractivity contribution in [2.45, 2.75) is 36.8 Å². The van der Waals surface area contributed by atoms with Gasteiger partial charge in [-0.1, -0.05) is 59.1 Å². The Kier molecular flexibility index (Phi) is 10.2. The average molecular weight is 948 g/mol. The first-order valence-corrected chi connectivity index (χ1v) is 19.9. The maximum Gasteiger partial charge on any atom is 0.417 e. The molecule has 4 aliphatic rings. The molecule has 0 radical (unpaired) electrons. The number of phenols is 2. The second kappa shape index (κ2) is 14.7. The van der Waals surface area contributed by atoms with E-state index in [4.69, 9.17) is 27.9 Å². The fourth-order valence-corrected chi connectivity index (χ4v) is 10.2. The summed E-state index contributed by atoms with van der Waals surface area (Å²) < 4.78 is 46.5. The van der Waals surface area contributed by atoms with Gasteiger partial charge in [0.2, 0.25) is 11.8 Å². The molecule has 3 heterocycles. The van der Waals surface area contributed by atoms with Crippen LogP contribution in [0.2, 0.25) is 10.0 Å². The van der Waals surface area contributed by atoms with Gasteiger partial charge >= 0.3 is 6.18 Å². The van der Waals surface area contributed by atoms with Gasteiger partial charge in [-0.2, -0.15) is 18.2 Å². The van der Waals surface area contributed by atoms with Crippen LogP contribution in [0.5, 0.6) is 17.2 Å². The number of amides is 4. The molecule has 4 amide bonds. The molecule has 1 saturated carbocycles. The van der Waals surface area contributed by atoms with E-state index in [1.807, 2.05) is 28.7 Å². The number of hydrazine groups is 1. The number of benzene rings is 3. The second-order valence-corrected chi connectivity index (χ2v) is 16.7. The number of allylic oxidation sites excluding steroid dienone is 2. The molecule has 8 rings (SSSR count). The summed E-state index contributed by atoms with van der Waals surface area (Å²) >= 11 is 14.6. The lowest BCUT2D eigenvalue weighted by atomic mass is 9.49. The van der Waals surface area contributed by atoms with Gasteiger partial charge in [0.05, 0.1) is 44.4 Å². The molecule has 3 N–H and O–H groups in total. The molecule has 4 aromatic rings. The Morgan fingerprint density at radius 2 is 1.67 bits per heavy atom. The van der Waals surface area contributed by atoms with Crippen LogP contribution in [0, 0.1) is 27.2 Å². The van der Waals surface area contributed by atoms with E-state index in [9.17, 15) is 37.8 Å². The van der Waals surface area contributed by atoms with Crippen molar-refractivity contribution in [2.75, 3.05) is 19.1 Å². The maximum atomic E-state index is 15.4. The largest absolute Gasteiger partial charge is 0.508 e. The number of anilines is 1. The topological polar surface area (TPSA) is 149 Å². The molecule has 1 aromatic heterocycles. The quantitative estimate of drug-likeness (QED) is 0.0920. The Hall–Kier alpha value is -4.87. The third-order valence-electron chi connectivity index (χ3n) is 11.8. The number of nitrogens with zero attached hydrogens (tertiary/aromatic N) is 3. The van der Waals surface area contributed by atoms with E-state index in [1.165, 1.54) is 24.1 Å². The number of halogens is 6. The van der Waals surface area contributed by atoms with E-state index in [0.29, 0.717) is 44.0 Å². The summed E-state index contributed by atoms with van der Waals surface area (Å²) in [6.07, 6.45) is -1.92. The van der Waals surface area contributed by atoms with Crippen molar-refractivity contribution >= 4 is 75.2 Å². The first-order chi connectivity index (χ1) is 27.6. The van der Waals surface area contributed by atoms with E-state index in [2.05, 4.69) is 10.4 Å². The van der Waals surface area contributed by atoms with E-state index in [-0.39, 0.29) is 48.4 Å². The summed E-state index contributed by atoms with van der Waals surface area (Å²) in [5, 5.41) is 21.2. The summed E-state index contributed by atoms with van der Waals surface area (Å²) in [5.74, 6) is -7.22. The zero-order valence-corrected chi connectivity index (χ0v) is 33.9. The van der Waals surface area contributed by atoms with Crippen LogP contribution < -0.4 is 10.2 Å². The van der Waals surface area contributed by atoms with Crippen LogP contribution in [0.25, 0.3) is 0 Å². The van der Waals surface area contributed by atoms with Crippen LogP contribution in [0.1, 0.15) is 41.0 Å². The number of pyridine rings is 1. The van der Waals surface area contributed by atoms with E-state index in [0.717, 1.165) is 10.6 Å². The van der Waals surface area contributed by atoms with Crippen LogP contribution in [-0.4, -0.2) is 62.4 Å². The fraction of sp³-hybridized carbons (Fsp3) is 0.293. The van der Waals surface area contributed by atoms with Crippen molar-refractivity contribution in [2.24, 2.45) is 23.7 Å². The van der Waals surface area contributed by atoms with Gasteiger partial charge in [-0.3, -0.25) is 29.5 Å². The number of nitrogens with one attached hydrogen (secondary N) is 1. The van der Waals surface area contributed by atoms with Crippen molar-refractivity contribution in [1.82, 2.24) is 14.9 Å². The van der Waals surface area contributed by atoms with Crippen LogP contribution in [-0.2, 0) is 37.2 Å². The molecule has 58 heavy (non-hydrogen) atoms. The molecule has 17 heteroatoms. The van der Waals surface area contributed by atoms with Crippen molar-refractivity contribution in [3.8, 4) is 17.2 Å². The number of hydrogen-bond acceptors (Lipinski definition) is 9. The van der Waals surface area contributed by atoms with Crippen LogP contribution >= 0.6 is 45.8 Å². The molecule has 2 saturated heterocycles. The molecular formula is C41H32Cl2F3IN4O7. The third kappa shape index (κ3) is 6.36. The predicted molar refractivity (Wildman–Crippen MR) is 213 cm³/mol. The number of carbonyl (C=O) groups excluding carboxylic acids is 4. The molecule has 6 unspecified atom stereocenters. The molecule has 0 spiro atoms. The van der Waals surface area contributed by atoms with Gasteiger partial charge < -0.3 is 14.9 Å². The van der Waals surface area contributed by atoms with Gasteiger partial charge in [0.1, 0.15) is 5.75 Å². The zero-order valence-electron chi connectivity index (χ0n) is 30.3. The highest BCUT2D eigenvalue weighted by molar-refractivity contribution is 14.1. The number of carbonyl (C=O) groups is 4. The molecule has 2 aliphatic carbocycles. The lowest BCUT2D eigenvalue weighted by Gasteiger charge is -2.50. The highest BCUT2D eigenvalue weighted by atomic mass is 127. The number of fused-ring (bicyclic) bond motifs is 4. The van der Waals surface area contributed by atoms with Gasteiger partial charge in [-0.25, -0.2) is 4.98 Å². The summed E-state index contributed by atoms with van der Waals surface area (Å²) in [5.41, 5.74) is 2.00. The monoisotopic (exact) mass is 946 g/mol. The maximum absolute atomic E-state index is 15.4. The smallest absolute Gasteiger partial charge is 0.417 e. The van der Waals surface area contributed by atoms with Gasteiger partial charge in [0.15, 0.2) is 17.3 Å². The van der Waals surface area contributed by atoms with Gasteiger partial charge in [0.25, 0.3) is 11.8 Å². The number of alkyl halides is 3. The van der Waals surface area contributed by atoms with Gasteiger partial charge in [-0.05, 0) is 107 Å². The Balaban J connectivity index is 1.28. The number of aromatic hydroxyl groups is 2. The average Bonchev–Trinajstić information content (AvgIpc) is 3.56. The standard InChI is InChI=1S/C41H32Cl2F3IN4O7/c1-58-31-15-20(14-30(47)34(31)53)33-25-10-11-26-32(38(56)50(36(26)54)13-12-19-2-8-24(52)9-3-19)27(25)17-28-37(55)51(39(57)40(28,33)21-4-6-23(42)7-5-21)49-35-29(43)16-22(18-48-35)41(44,45)46/h2-10,14-16,18,26-28,32-33,52-53H,11-13,17H2,1H3,(H,48,49). The molecule has 0 bridgehead atoms. The SMILES string of the molecule is COc1cc(C2C3=CCC4C(=O)N(CCc5ccc(O)cc5)C(=O)C4C3CC3C(=O)N(Nc4ncc(C(F)(F)F)cc4Cl)C(=O)C32c2ccc(Cl)cc2)cc(I)c1O. The van der Waals surface area contributed by atoms with Crippen molar-refractivity contribution in [3.05, 3.63) is 120 Å². The summed E-state index contributed by atoms with van der Waals surface area (Å²) in [6, 6.07) is 16.7. The second-order valence-electron chi connectivity index (χ2n) is 14.7. The minimum absolute atomic E-state index is 0.0554. The summed E-state index contributed by atoms with van der Waals surface area (Å²) in [4.78, 5) is 63.9. The van der Waals surface area contributed by atoms with E-state index >= 15 is 4.79 Å². The van der Waals surface area contributed by atoms with Crippen LogP contribution in [0.3, 0.4) is 0 Å². The fourth-order valence-electron chi connectivity index (χ4n) is 9.26. The Morgan fingerprint density at radius 3 is 2.33 bits per heavy atom. The van der Waals surface area contributed by atoms with Gasteiger partial charge in [-0.15, -0.1) is 0 Å². The zero-order chi connectivity index (χ0) is 41.4. The third-order valence-corrected chi connectivity index (χ3v) is 13.2. The highest BCUT2D eigenvalue weighted by Gasteiger charge is 2.70. The van der Waals surface area contributed by atoms with Crippen LogP contribution in [0.4, 0.5) is 19.0 Å². The number of hydrogen-bond donors (Lipinski definition) is 3. The Morgan fingerprint density at radius 1 is 0.966 bits per heavy atom. The number of aromatic nitrogens is 1. The molecule has 3 fully saturated rings. The number of phenolic OH excluding ortho intramolecular Hbond substituents is 2. The summed E-state index contributed by atoms with van der Waals surface area (Å²) in [7, 11) is 1.37. The molecule has 2 aliphatic heterocycles. The number of methoxy groups -OCH3 is 1. The minimum atomic E-state index is -4.76.